The Balaban J connectivity index is 2.23. The smallest absolute Gasteiger partial charge is 0.333 e. The van der Waals surface area contributed by atoms with Gasteiger partial charge in [-0.1, -0.05) is 40.6 Å². The SMILES string of the molecule is COC(=O)C(C=O)N(C)Oc1nc(-c2ccc(Cl)c(Cl)c2)c(Br)s1. The van der Waals surface area contributed by atoms with Gasteiger partial charge in [0.25, 0.3) is 5.19 Å². The van der Waals surface area contributed by atoms with Crippen LogP contribution in [0.1, 0.15) is 0 Å². The number of methoxy groups -OCH3 is 1. The minimum atomic E-state index is -1.19. The summed E-state index contributed by atoms with van der Waals surface area (Å²) in [7, 11) is 2.62. The van der Waals surface area contributed by atoms with E-state index in [2.05, 4.69) is 25.7 Å². The zero-order valence-corrected chi connectivity index (χ0v) is 16.4. The number of benzene rings is 1. The Kier molecular flexibility index (Phi) is 6.59. The van der Waals surface area contributed by atoms with Crippen molar-refractivity contribution in [2.75, 3.05) is 14.2 Å². The summed E-state index contributed by atoms with van der Waals surface area (Å²) in [5, 5.41) is 2.15. The van der Waals surface area contributed by atoms with Crippen LogP contribution >= 0.6 is 50.5 Å². The summed E-state index contributed by atoms with van der Waals surface area (Å²) < 4.78 is 5.24. The quantitative estimate of drug-likeness (QED) is 0.286. The predicted octanol–water partition coefficient (Wildman–Crippen LogP) is 3.85. The number of halogens is 3. The van der Waals surface area contributed by atoms with Crippen LogP contribution in [0.5, 0.6) is 5.19 Å². The number of hydroxylamine groups is 2. The number of esters is 1. The average molecular weight is 454 g/mol. The van der Waals surface area contributed by atoms with Crippen molar-refractivity contribution in [1.82, 2.24) is 10.0 Å². The summed E-state index contributed by atoms with van der Waals surface area (Å²) in [4.78, 5) is 32.3. The molecule has 6 nitrogen and oxygen atoms in total. The predicted molar refractivity (Wildman–Crippen MR) is 95.5 cm³/mol. The molecule has 0 aliphatic carbocycles. The van der Waals surface area contributed by atoms with Gasteiger partial charge in [-0.2, -0.15) is 4.98 Å². The van der Waals surface area contributed by atoms with Gasteiger partial charge in [0, 0.05) is 12.6 Å². The Morgan fingerprint density at radius 3 is 2.71 bits per heavy atom. The van der Waals surface area contributed by atoms with Crippen LogP contribution in [0.4, 0.5) is 0 Å². The van der Waals surface area contributed by atoms with E-state index >= 15 is 0 Å². The van der Waals surface area contributed by atoms with Gasteiger partial charge in [-0.25, -0.2) is 4.79 Å². The van der Waals surface area contributed by atoms with E-state index in [1.165, 1.54) is 25.5 Å². The molecular formula is C14H11BrCl2N2O4S. The Bertz CT molecular complexity index is 771. The molecule has 10 heteroatoms. The maximum Gasteiger partial charge on any atom is 0.333 e. The van der Waals surface area contributed by atoms with E-state index in [0.717, 1.165) is 10.6 Å². The average Bonchev–Trinajstić information content (AvgIpc) is 2.90. The van der Waals surface area contributed by atoms with Crippen molar-refractivity contribution in [3.63, 3.8) is 0 Å². The summed E-state index contributed by atoms with van der Waals surface area (Å²) in [6, 6.07) is 3.92. The largest absolute Gasteiger partial charge is 0.467 e. The number of carbonyl (C=O) groups is 2. The van der Waals surface area contributed by atoms with E-state index in [4.69, 9.17) is 28.0 Å². The van der Waals surface area contributed by atoms with E-state index < -0.39 is 12.0 Å². The summed E-state index contributed by atoms with van der Waals surface area (Å²) >= 11 is 16.5. The molecule has 0 radical (unpaired) electrons. The Hall–Kier alpha value is -1.19. The third-order valence-electron chi connectivity index (χ3n) is 2.94. The summed E-state index contributed by atoms with van der Waals surface area (Å²) in [5.74, 6) is -0.729. The Morgan fingerprint density at radius 2 is 2.12 bits per heavy atom. The molecule has 1 unspecified atom stereocenters. The molecule has 0 spiro atoms. The molecule has 0 saturated heterocycles. The first kappa shape index (κ1) is 19.1. The van der Waals surface area contributed by atoms with Crippen LogP contribution in [0.3, 0.4) is 0 Å². The molecule has 2 aromatic rings. The van der Waals surface area contributed by atoms with Gasteiger partial charge in [-0.3, -0.25) is 0 Å². The Morgan fingerprint density at radius 1 is 1.42 bits per heavy atom. The van der Waals surface area contributed by atoms with Crippen LogP contribution < -0.4 is 4.84 Å². The lowest BCUT2D eigenvalue weighted by Crippen LogP contribution is -2.42. The fourth-order valence-corrected chi connectivity index (χ4v) is 3.47. The molecule has 0 amide bonds. The minimum Gasteiger partial charge on any atom is -0.467 e. The molecule has 0 fully saturated rings. The second kappa shape index (κ2) is 8.26. The number of rotatable bonds is 6. The number of hydrogen-bond donors (Lipinski definition) is 0. The molecule has 1 atom stereocenters. The van der Waals surface area contributed by atoms with Gasteiger partial charge in [0.2, 0.25) is 0 Å². The number of ether oxygens (including phenoxy) is 1. The third kappa shape index (κ3) is 4.25. The van der Waals surface area contributed by atoms with Crippen LogP contribution in [0, 0.1) is 0 Å². The number of likely N-dealkylation sites (N-methyl/N-ethyl adjacent to an activating group) is 1. The van der Waals surface area contributed by atoms with Crippen molar-refractivity contribution in [2.24, 2.45) is 0 Å². The summed E-state index contributed by atoms with van der Waals surface area (Å²) in [6.07, 6.45) is 0.425. The number of aromatic nitrogens is 1. The lowest BCUT2D eigenvalue weighted by atomic mass is 10.2. The third-order valence-corrected chi connectivity index (χ3v) is 5.26. The molecule has 24 heavy (non-hydrogen) atoms. The second-order valence-electron chi connectivity index (χ2n) is 4.47. The van der Waals surface area contributed by atoms with E-state index in [-0.39, 0.29) is 5.19 Å². The van der Waals surface area contributed by atoms with Gasteiger partial charge in [0.1, 0.15) is 3.79 Å². The first-order chi connectivity index (χ1) is 11.4. The first-order valence-corrected chi connectivity index (χ1v) is 8.79. The van der Waals surface area contributed by atoms with Crippen LogP contribution in [0.15, 0.2) is 22.0 Å². The fourth-order valence-electron chi connectivity index (χ4n) is 1.73. The maximum atomic E-state index is 11.5. The van der Waals surface area contributed by atoms with Crippen molar-refractivity contribution >= 4 is 62.7 Å². The molecule has 1 heterocycles. The van der Waals surface area contributed by atoms with Gasteiger partial charge in [0.15, 0.2) is 12.3 Å². The molecule has 0 saturated carbocycles. The van der Waals surface area contributed by atoms with Gasteiger partial charge >= 0.3 is 5.97 Å². The van der Waals surface area contributed by atoms with Gasteiger partial charge in [-0.05, 0) is 28.1 Å². The molecule has 0 N–H and O–H groups in total. The molecule has 2 rings (SSSR count). The highest BCUT2D eigenvalue weighted by Crippen LogP contribution is 2.38. The van der Waals surface area contributed by atoms with E-state index in [9.17, 15) is 9.59 Å². The number of hydrogen-bond acceptors (Lipinski definition) is 7. The van der Waals surface area contributed by atoms with Crippen molar-refractivity contribution in [3.8, 4) is 16.5 Å². The van der Waals surface area contributed by atoms with Crippen LogP contribution in [0.2, 0.25) is 10.0 Å². The van der Waals surface area contributed by atoms with Crippen LogP contribution in [-0.2, 0) is 14.3 Å². The van der Waals surface area contributed by atoms with Crippen molar-refractivity contribution < 1.29 is 19.2 Å². The highest BCUT2D eigenvalue weighted by Gasteiger charge is 2.26. The highest BCUT2D eigenvalue weighted by atomic mass is 79.9. The highest BCUT2D eigenvalue weighted by molar-refractivity contribution is 9.11. The van der Waals surface area contributed by atoms with Crippen molar-refractivity contribution in [3.05, 3.63) is 32.0 Å². The fraction of sp³-hybridized carbons (Fsp3) is 0.214. The summed E-state index contributed by atoms with van der Waals surface area (Å²) in [6.45, 7) is 0. The van der Waals surface area contributed by atoms with E-state index in [1.807, 2.05) is 0 Å². The lowest BCUT2D eigenvalue weighted by molar-refractivity contribution is -0.161. The lowest BCUT2D eigenvalue weighted by Gasteiger charge is -2.19. The molecule has 0 aliphatic heterocycles. The standard InChI is InChI=1S/C14H11BrCl2N2O4S/c1-19(10(6-20)13(21)22-2)23-14-18-11(12(15)24-14)7-3-4-8(16)9(17)5-7/h3-6,10H,1-2H3. The van der Waals surface area contributed by atoms with E-state index in [1.54, 1.807) is 18.2 Å². The molecule has 128 valence electrons. The van der Waals surface area contributed by atoms with Gasteiger partial charge in [0.05, 0.1) is 22.8 Å². The monoisotopic (exact) mass is 452 g/mol. The first-order valence-electron chi connectivity index (χ1n) is 6.43. The van der Waals surface area contributed by atoms with Crippen LogP contribution in [0.25, 0.3) is 11.3 Å². The van der Waals surface area contributed by atoms with Gasteiger partial charge < -0.3 is 14.4 Å². The number of thiazole rings is 1. The molecule has 1 aromatic heterocycles. The second-order valence-corrected chi connectivity index (χ2v) is 7.57. The zero-order valence-electron chi connectivity index (χ0n) is 12.5. The summed E-state index contributed by atoms with van der Waals surface area (Å²) in [5.41, 5.74) is 1.34. The minimum absolute atomic E-state index is 0.237. The maximum absolute atomic E-state index is 11.5. The molecule has 0 bridgehead atoms. The number of nitrogens with zero attached hydrogens (tertiary/aromatic N) is 2. The van der Waals surface area contributed by atoms with Gasteiger partial charge in [-0.15, -0.1) is 5.06 Å². The van der Waals surface area contributed by atoms with E-state index in [0.29, 0.717) is 25.8 Å². The van der Waals surface area contributed by atoms with Crippen molar-refractivity contribution in [1.29, 1.82) is 0 Å². The molecule has 1 aromatic carbocycles. The number of aldehydes is 1. The molecular weight excluding hydrogens is 443 g/mol. The zero-order chi connectivity index (χ0) is 17.9. The topological polar surface area (TPSA) is 68.7 Å². The van der Waals surface area contributed by atoms with Crippen LogP contribution in [-0.4, -0.2) is 42.5 Å². The molecule has 0 aliphatic rings. The normalized spacial score (nSPS) is 12.1. The van der Waals surface area contributed by atoms with Crippen molar-refractivity contribution in [2.45, 2.75) is 6.04 Å². The number of carbonyl (C=O) groups excluding carboxylic acids is 2. The Labute approximate surface area is 160 Å².